The van der Waals surface area contributed by atoms with Crippen molar-refractivity contribution in [3.63, 3.8) is 0 Å². The topological polar surface area (TPSA) is 55.6 Å². The summed E-state index contributed by atoms with van der Waals surface area (Å²) >= 11 is 12.4. The molecular weight excluding hydrogens is 462 g/mol. The first-order valence-electron chi connectivity index (χ1n) is 11.1. The van der Waals surface area contributed by atoms with E-state index >= 15 is 4.39 Å². The molecule has 4 atom stereocenters. The summed E-state index contributed by atoms with van der Waals surface area (Å²) in [7, 11) is 0. The predicted octanol–water partition coefficient (Wildman–Crippen LogP) is 6.46. The lowest BCUT2D eigenvalue weighted by molar-refractivity contribution is -0.152. The number of hydrogen-bond acceptors (Lipinski definition) is 4. The van der Waals surface area contributed by atoms with Gasteiger partial charge in [-0.15, -0.1) is 0 Å². The summed E-state index contributed by atoms with van der Waals surface area (Å²) in [5, 5.41) is 0.746. The van der Waals surface area contributed by atoms with Crippen molar-refractivity contribution in [3.8, 4) is 0 Å². The standard InChI is InChI=1S/C26H33Cl2FN2O2/c1-7-9-17(27)13-19(29)14-26(30)20(15-24(2,3)4)31-22(23(32)33-25(31,5)6)21(26)16-10-8-11-18(28)12-16/h7-13,20-22H,1,14-15,30H2,2-6H3/b17-9+,19-13+/t20-,21-,22+,26+/m0/s1. The second-order valence-corrected chi connectivity index (χ2v) is 11.6. The van der Waals surface area contributed by atoms with E-state index in [1.807, 2.05) is 30.9 Å². The van der Waals surface area contributed by atoms with Gasteiger partial charge in [-0.2, -0.15) is 0 Å². The van der Waals surface area contributed by atoms with Crippen molar-refractivity contribution >= 4 is 29.2 Å². The lowest BCUT2D eigenvalue weighted by Crippen LogP contribution is -2.58. The number of nitrogens with zero attached hydrogens (tertiary/aromatic N) is 1. The summed E-state index contributed by atoms with van der Waals surface area (Å²) in [5.74, 6) is -1.34. The van der Waals surface area contributed by atoms with E-state index in [0.29, 0.717) is 11.4 Å². The number of esters is 1. The zero-order chi connectivity index (χ0) is 24.8. The Morgan fingerprint density at radius 3 is 2.61 bits per heavy atom. The van der Waals surface area contributed by atoms with Crippen molar-refractivity contribution in [2.75, 3.05) is 0 Å². The molecule has 2 N–H and O–H groups in total. The Labute approximate surface area is 206 Å². The van der Waals surface area contributed by atoms with Crippen molar-refractivity contribution in [1.82, 2.24) is 4.90 Å². The van der Waals surface area contributed by atoms with E-state index in [1.165, 1.54) is 18.2 Å². The number of ether oxygens (including phenoxy) is 1. The molecule has 0 unspecified atom stereocenters. The first kappa shape index (κ1) is 26.0. The van der Waals surface area contributed by atoms with Gasteiger partial charge in [0.1, 0.15) is 11.9 Å². The minimum Gasteiger partial charge on any atom is -0.443 e. The third-order valence-corrected chi connectivity index (χ3v) is 6.89. The molecule has 180 valence electrons. The summed E-state index contributed by atoms with van der Waals surface area (Å²) in [6.45, 7) is 13.6. The van der Waals surface area contributed by atoms with Crippen LogP contribution in [-0.2, 0) is 9.53 Å². The van der Waals surface area contributed by atoms with Gasteiger partial charge >= 0.3 is 5.97 Å². The summed E-state index contributed by atoms with van der Waals surface area (Å²) in [5.41, 5.74) is 5.86. The summed E-state index contributed by atoms with van der Waals surface area (Å²) in [6.07, 6.45) is 4.81. The molecule has 2 saturated heterocycles. The Kier molecular flexibility index (Phi) is 7.22. The fourth-order valence-electron chi connectivity index (χ4n) is 5.38. The number of carbonyl (C=O) groups excluding carboxylic acids is 1. The number of fused-ring (bicyclic) bond motifs is 1. The molecule has 1 aromatic rings. The van der Waals surface area contributed by atoms with Crippen LogP contribution in [0.25, 0.3) is 0 Å². The zero-order valence-electron chi connectivity index (χ0n) is 19.9. The Morgan fingerprint density at radius 1 is 1.36 bits per heavy atom. The summed E-state index contributed by atoms with van der Waals surface area (Å²) in [6, 6.07) is 6.29. The molecule has 1 aromatic carbocycles. The number of hydrogen-bond donors (Lipinski definition) is 1. The Bertz CT molecular complexity index is 998. The minimum absolute atomic E-state index is 0.0948. The molecule has 2 aliphatic rings. The highest BCUT2D eigenvalue weighted by molar-refractivity contribution is 6.31. The zero-order valence-corrected chi connectivity index (χ0v) is 21.4. The Balaban J connectivity index is 2.21. The van der Waals surface area contributed by atoms with Gasteiger partial charge in [-0.05, 0) is 55.5 Å². The van der Waals surface area contributed by atoms with Crippen LogP contribution >= 0.6 is 23.2 Å². The maximum atomic E-state index is 15.4. The number of nitrogens with two attached hydrogens (primary N) is 1. The van der Waals surface area contributed by atoms with Crippen molar-refractivity contribution in [2.45, 2.75) is 76.7 Å². The minimum atomic E-state index is -1.12. The Hall–Kier alpha value is -1.66. The van der Waals surface area contributed by atoms with Gasteiger partial charge in [0.25, 0.3) is 0 Å². The van der Waals surface area contributed by atoms with Gasteiger partial charge in [-0.3, -0.25) is 4.79 Å². The van der Waals surface area contributed by atoms with E-state index in [0.717, 1.165) is 5.56 Å². The van der Waals surface area contributed by atoms with E-state index in [4.69, 9.17) is 33.7 Å². The van der Waals surface area contributed by atoms with Crippen molar-refractivity contribution in [3.05, 3.63) is 70.5 Å². The second kappa shape index (κ2) is 9.18. The first-order chi connectivity index (χ1) is 15.2. The maximum Gasteiger partial charge on any atom is 0.325 e. The van der Waals surface area contributed by atoms with Crippen LogP contribution in [0.1, 0.15) is 58.9 Å². The van der Waals surface area contributed by atoms with Crippen LogP contribution in [0.3, 0.4) is 0 Å². The lowest BCUT2D eigenvalue weighted by atomic mass is 9.70. The van der Waals surface area contributed by atoms with Crippen LogP contribution < -0.4 is 5.73 Å². The molecule has 33 heavy (non-hydrogen) atoms. The molecule has 0 aromatic heterocycles. The first-order valence-corrected chi connectivity index (χ1v) is 11.8. The number of benzene rings is 1. The van der Waals surface area contributed by atoms with Crippen molar-refractivity contribution in [2.24, 2.45) is 11.1 Å². The SMILES string of the molecule is C=C/C=C(Cl)\C=C(\F)C[C@@]1(N)[C@H](CC(C)(C)C)N2[C@@H](C(=O)OC2(C)C)[C@@H]1c1cccc(Cl)c1. The molecule has 0 spiro atoms. The molecule has 0 bridgehead atoms. The molecular formula is C26H33Cl2FN2O2. The average Bonchev–Trinajstić information content (AvgIpc) is 3.02. The number of cyclic esters (lactones) is 1. The third kappa shape index (κ3) is 5.22. The molecule has 2 fully saturated rings. The van der Waals surface area contributed by atoms with Gasteiger partial charge in [-0.1, -0.05) is 68.8 Å². The molecule has 7 heteroatoms. The molecule has 0 saturated carbocycles. The second-order valence-electron chi connectivity index (χ2n) is 10.7. The van der Waals surface area contributed by atoms with Gasteiger partial charge in [0, 0.05) is 34.0 Å². The average molecular weight is 495 g/mol. The fourth-order valence-corrected chi connectivity index (χ4v) is 5.78. The normalized spacial score (nSPS) is 30.3. The van der Waals surface area contributed by atoms with Crippen LogP contribution in [0.4, 0.5) is 4.39 Å². The van der Waals surface area contributed by atoms with Crippen LogP contribution in [0.2, 0.25) is 5.02 Å². The largest absolute Gasteiger partial charge is 0.443 e. The van der Waals surface area contributed by atoms with Gasteiger partial charge < -0.3 is 10.5 Å². The van der Waals surface area contributed by atoms with Crippen LogP contribution in [0.15, 0.2) is 59.9 Å². The molecule has 3 rings (SSSR count). The smallest absolute Gasteiger partial charge is 0.325 e. The lowest BCUT2D eigenvalue weighted by Gasteiger charge is -2.43. The molecule has 2 heterocycles. The van der Waals surface area contributed by atoms with Crippen LogP contribution in [-0.4, -0.2) is 34.2 Å². The van der Waals surface area contributed by atoms with E-state index in [1.54, 1.807) is 12.1 Å². The van der Waals surface area contributed by atoms with Crippen molar-refractivity contribution in [1.29, 1.82) is 0 Å². The van der Waals surface area contributed by atoms with E-state index in [-0.39, 0.29) is 28.9 Å². The fraction of sp³-hybridized carbons (Fsp3) is 0.500. The molecule has 0 amide bonds. The van der Waals surface area contributed by atoms with Crippen molar-refractivity contribution < 1.29 is 13.9 Å². The highest BCUT2D eigenvalue weighted by Gasteiger charge is 2.68. The highest BCUT2D eigenvalue weighted by Crippen LogP contribution is 2.55. The molecule has 0 radical (unpaired) electrons. The van der Waals surface area contributed by atoms with Crippen LogP contribution in [0, 0.1) is 5.41 Å². The van der Waals surface area contributed by atoms with Gasteiger partial charge in [0.15, 0.2) is 5.72 Å². The number of halogens is 3. The monoisotopic (exact) mass is 494 g/mol. The van der Waals surface area contributed by atoms with E-state index < -0.39 is 29.1 Å². The van der Waals surface area contributed by atoms with Gasteiger partial charge in [0.05, 0.1) is 0 Å². The summed E-state index contributed by atoms with van der Waals surface area (Å²) < 4.78 is 21.2. The van der Waals surface area contributed by atoms with Gasteiger partial charge in [0.2, 0.25) is 0 Å². The number of allylic oxidation sites excluding steroid dienone is 4. The summed E-state index contributed by atoms with van der Waals surface area (Å²) in [4.78, 5) is 15.2. The molecule has 2 aliphatic heterocycles. The Morgan fingerprint density at radius 2 is 2.03 bits per heavy atom. The quantitative estimate of drug-likeness (QED) is 0.364. The maximum absolute atomic E-state index is 15.4. The number of carbonyl (C=O) groups is 1. The van der Waals surface area contributed by atoms with Crippen LogP contribution in [0.5, 0.6) is 0 Å². The highest BCUT2D eigenvalue weighted by atomic mass is 35.5. The molecule has 0 aliphatic carbocycles. The van der Waals surface area contributed by atoms with E-state index in [9.17, 15) is 4.79 Å². The third-order valence-electron chi connectivity index (χ3n) is 6.42. The molecule has 4 nitrogen and oxygen atoms in total. The predicted molar refractivity (Wildman–Crippen MR) is 133 cm³/mol. The van der Waals surface area contributed by atoms with E-state index in [2.05, 4.69) is 27.4 Å². The van der Waals surface area contributed by atoms with Gasteiger partial charge in [-0.25, -0.2) is 9.29 Å². The number of rotatable bonds is 6.